The predicted molar refractivity (Wildman–Crippen MR) is 142 cm³/mol. The third kappa shape index (κ3) is 23.9. The number of alkyl halides is 6. The summed E-state index contributed by atoms with van der Waals surface area (Å²) in [6.45, 7) is -3.50. The number of nitrogens with zero attached hydrogens (tertiary/aromatic N) is 1. The molecule has 0 aromatic rings. The number of likely N-dealkylation sites (tertiary alicyclic amines) is 1. The van der Waals surface area contributed by atoms with Crippen molar-refractivity contribution in [2.75, 3.05) is 106 Å². The van der Waals surface area contributed by atoms with Crippen molar-refractivity contribution in [1.29, 1.82) is 0 Å². The van der Waals surface area contributed by atoms with Gasteiger partial charge in [-0.3, -0.25) is 0 Å². The van der Waals surface area contributed by atoms with Gasteiger partial charge in [-0.15, -0.1) is 8.78 Å². The van der Waals surface area contributed by atoms with E-state index in [1.807, 2.05) is 0 Å². The molecule has 0 aromatic heterocycles. The summed E-state index contributed by atoms with van der Waals surface area (Å²) in [6.07, 6.45) is -13.9. The van der Waals surface area contributed by atoms with Crippen LogP contribution in [0.25, 0.3) is 0 Å². The van der Waals surface area contributed by atoms with Gasteiger partial charge in [0.1, 0.15) is 31.5 Å². The summed E-state index contributed by atoms with van der Waals surface area (Å²) in [6, 6.07) is 0. The van der Waals surface area contributed by atoms with Gasteiger partial charge in [0.2, 0.25) is 0 Å². The lowest BCUT2D eigenvalue weighted by Crippen LogP contribution is -2.44. The molecular weight excluding hydrogens is 632 g/mol. The Morgan fingerprint density at radius 3 is 1.49 bits per heavy atom. The molecule has 0 spiro atoms. The minimum absolute atomic E-state index is 0.00511. The van der Waals surface area contributed by atoms with Gasteiger partial charge in [-0.25, -0.2) is 9.47 Å². The van der Waals surface area contributed by atoms with Gasteiger partial charge in [-0.2, -0.15) is 17.6 Å². The molecule has 3 unspecified atom stereocenters. The molecule has 19 heteroatoms. The fourth-order valence-corrected chi connectivity index (χ4v) is 3.81. The molecule has 1 rings (SSSR count). The van der Waals surface area contributed by atoms with Gasteiger partial charge < -0.3 is 53.7 Å². The first-order chi connectivity index (χ1) is 21.2. The first kappa shape index (κ1) is 42.1. The van der Waals surface area contributed by atoms with E-state index in [0.29, 0.717) is 6.61 Å². The fourth-order valence-electron chi connectivity index (χ4n) is 3.81. The van der Waals surface area contributed by atoms with Crippen LogP contribution in [0, 0.1) is 0 Å². The molecule has 0 radical (unpaired) electrons. The minimum Gasteiger partial charge on any atom is -0.394 e. The molecular formula is C26H47F6NO12. The average molecular weight is 680 g/mol. The summed E-state index contributed by atoms with van der Waals surface area (Å²) in [5.74, 6) is 0. The lowest BCUT2D eigenvalue weighted by Gasteiger charge is -2.26. The maximum atomic E-state index is 13.7. The van der Waals surface area contributed by atoms with Crippen molar-refractivity contribution in [1.82, 2.24) is 4.90 Å². The van der Waals surface area contributed by atoms with Gasteiger partial charge in [0.15, 0.2) is 0 Å². The Morgan fingerprint density at radius 1 is 0.533 bits per heavy atom. The topological polar surface area (TPSA) is 158 Å². The second-order valence-corrected chi connectivity index (χ2v) is 10.2. The maximum Gasteiger partial charge on any atom is 0.495 e. The number of hydrogen-bond acceptors (Lipinski definition) is 13. The van der Waals surface area contributed by atoms with E-state index < -0.39 is 69.9 Å². The van der Waals surface area contributed by atoms with Crippen LogP contribution in [-0.2, 0) is 37.9 Å². The summed E-state index contributed by atoms with van der Waals surface area (Å²) in [4.78, 5) is 2.29. The third-order valence-electron chi connectivity index (χ3n) is 5.80. The third-order valence-corrected chi connectivity index (χ3v) is 5.80. The van der Waals surface area contributed by atoms with Gasteiger partial charge in [0, 0.05) is 6.54 Å². The quantitative estimate of drug-likeness (QED) is 0.0524. The Hall–Kier alpha value is -0.940. The van der Waals surface area contributed by atoms with Gasteiger partial charge in [-0.1, -0.05) is 12.8 Å². The van der Waals surface area contributed by atoms with Crippen molar-refractivity contribution >= 4 is 0 Å². The SMILES string of the molecule is OCCOCC(O)COCC(O)COCC(F)(F)OC(F)(F)OC(F)(F)COCCOCC(O)COCCN1CCCCCC1. The van der Waals surface area contributed by atoms with Crippen LogP contribution >= 0.6 is 0 Å². The van der Waals surface area contributed by atoms with E-state index in [4.69, 9.17) is 24.1 Å². The Labute approximate surface area is 258 Å². The summed E-state index contributed by atoms with van der Waals surface area (Å²) in [7, 11) is 0. The Morgan fingerprint density at radius 2 is 0.956 bits per heavy atom. The second-order valence-electron chi connectivity index (χ2n) is 10.2. The number of hydrogen-bond donors (Lipinski definition) is 4. The molecule has 3 atom stereocenters. The molecule has 1 fully saturated rings. The van der Waals surface area contributed by atoms with Crippen molar-refractivity contribution in [3.8, 4) is 0 Å². The zero-order valence-electron chi connectivity index (χ0n) is 25.1. The number of halogens is 6. The van der Waals surface area contributed by atoms with Crippen molar-refractivity contribution in [2.45, 2.75) is 62.5 Å². The standard InChI is InChI=1S/C26H47F6NO12/c27-24(28,19-41-12-11-40-15-21(35)13-38-9-7-33-5-3-1-2-4-6-33)44-26(31,32)45-25(29,30)20-43-18-23(37)17-42-16-22(36)14-39-10-8-34/h21-23,34-37H,1-20H2. The smallest absolute Gasteiger partial charge is 0.394 e. The van der Waals surface area contributed by atoms with Crippen LogP contribution in [0.1, 0.15) is 25.7 Å². The molecule has 1 heterocycles. The summed E-state index contributed by atoms with van der Waals surface area (Å²) < 4.78 is 117. The largest absolute Gasteiger partial charge is 0.495 e. The lowest BCUT2D eigenvalue weighted by molar-refractivity contribution is -0.518. The molecule has 0 aliphatic carbocycles. The van der Waals surface area contributed by atoms with E-state index in [0.717, 1.165) is 32.5 Å². The maximum absolute atomic E-state index is 13.7. The van der Waals surface area contributed by atoms with Crippen molar-refractivity contribution in [2.24, 2.45) is 0 Å². The number of rotatable bonds is 28. The normalized spacial score (nSPS) is 17.7. The second kappa shape index (κ2) is 23.4. The molecule has 270 valence electrons. The van der Waals surface area contributed by atoms with Crippen molar-refractivity contribution in [3.63, 3.8) is 0 Å². The van der Waals surface area contributed by atoms with Gasteiger partial charge >= 0.3 is 18.5 Å². The highest BCUT2D eigenvalue weighted by Gasteiger charge is 2.52. The lowest BCUT2D eigenvalue weighted by atomic mass is 10.2. The van der Waals surface area contributed by atoms with Crippen LogP contribution in [0.2, 0.25) is 0 Å². The highest BCUT2D eigenvalue weighted by molar-refractivity contribution is 4.63. The zero-order chi connectivity index (χ0) is 33.6. The fraction of sp³-hybridized carbons (Fsp3) is 1.00. The minimum atomic E-state index is -5.45. The first-order valence-electron chi connectivity index (χ1n) is 14.6. The van der Waals surface area contributed by atoms with E-state index in [2.05, 4.69) is 23.8 Å². The highest BCUT2D eigenvalue weighted by atomic mass is 19.3. The number of aliphatic hydroxyl groups is 4. The van der Waals surface area contributed by atoms with Gasteiger partial charge in [0.05, 0.1) is 72.7 Å². The first-order valence-corrected chi connectivity index (χ1v) is 14.6. The van der Waals surface area contributed by atoms with Gasteiger partial charge in [-0.05, 0) is 25.9 Å². The summed E-state index contributed by atoms with van der Waals surface area (Å²) in [5.41, 5.74) is 0. The molecule has 1 saturated heterocycles. The molecule has 45 heavy (non-hydrogen) atoms. The van der Waals surface area contributed by atoms with Crippen LogP contribution in [-0.4, -0.2) is 168 Å². The summed E-state index contributed by atoms with van der Waals surface area (Å²) >= 11 is 0. The zero-order valence-corrected chi connectivity index (χ0v) is 25.1. The van der Waals surface area contributed by atoms with E-state index in [9.17, 15) is 41.7 Å². The van der Waals surface area contributed by atoms with Crippen LogP contribution in [0.3, 0.4) is 0 Å². The van der Waals surface area contributed by atoms with Crippen LogP contribution in [0.15, 0.2) is 0 Å². The molecule has 4 N–H and O–H groups in total. The Balaban J connectivity index is 2.15. The highest BCUT2D eigenvalue weighted by Crippen LogP contribution is 2.33. The molecule has 1 aliphatic heterocycles. The number of ether oxygens (including phenoxy) is 8. The molecule has 0 aromatic carbocycles. The number of aliphatic hydroxyl groups excluding tert-OH is 4. The van der Waals surface area contributed by atoms with Crippen molar-refractivity contribution in [3.05, 3.63) is 0 Å². The van der Waals surface area contributed by atoms with Crippen LogP contribution < -0.4 is 0 Å². The summed E-state index contributed by atoms with van der Waals surface area (Å²) in [5, 5.41) is 37.5. The Kier molecular flexibility index (Phi) is 21.9. The predicted octanol–water partition coefficient (Wildman–Crippen LogP) is 0.806. The van der Waals surface area contributed by atoms with Gasteiger partial charge in [0.25, 0.3) is 0 Å². The molecule has 13 nitrogen and oxygen atoms in total. The molecule has 1 aliphatic rings. The van der Waals surface area contributed by atoms with Crippen LogP contribution in [0.5, 0.6) is 0 Å². The average Bonchev–Trinajstić information content (AvgIpc) is 3.20. The molecule has 0 bridgehead atoms. The monoisotopic (exact) mass is 679 g/mol. The molecule has 0 amide bonds. The molecule has 0 saturated carbocycles. The Bertz CT molecular complexity index is 726. The van der Waals surface area contributed by atoms with E-state index in [1.54, 1.807) is 0 Å². The van der Waals surface area contributed by atoms with E-state index in [-0.39, 0.29) is 46.2 Å². The van der Waals surface area contributed by atoms with Crippen LogP contribution in [0.4, 0.5) is 26.3 Å². The van der Waals surface area contributed by atoms with E-state index in [1.165, 1.54) is 12.8 Å². The van der Waals surface area contributed by atoms with E-state index >= 15 is 0 Å². The van der Waals surface area contributed by atoms with Crippen molar-refractivity contribution < 1.29 is 84.7 Å².